The molecule has 1 aliphatic carbocycles. The minimum Gasteiger partial charge on any atom is -0.379 e. The number of amidine groups is 1. The third kappa shape index (κ3) is 3.87. The van der Waals surface area contributed by atoms with Crippen molar-refractivity contribution < 1.29 is 9.53 Å². The van der Waals surface area contributed by atoms with Gasteiger partial charge in [0.1, 0.15) is 5.84 Å². The summed E-state index contributed by atoms with van der Waals surface area (Å²) < 4.78 is 5.64. The van der Waals surface area contributed by atoms with Crippen LogP contribution in [-0.4, -0.2) is 54.5 Å². The van der Waals surface area contributed by atoms with Gasteiger partial charge in [-0.3, -0.25) is 19.6 Å². The van der Waals surface area contributed by atoms with Gasteiger partial charge >= 0.3 is 0 Å². The second-order valence-corrected chi connectivity index (χ2v) is 9.88. The molecule has 0 radical (unpaired) electrons. The van der Waals surface area contributed by atoms with Crippen LogP contribution in [0.4, 0.5) is 5.69 Å². The fourth-order valence-electron chi connectivity index (χ4n) is 5.23. The summed E-state index contributed by atoms with van der Waals surface area (Å²) >= 11 is 0. The first-order valence-electron chi connectivity index (χ1n) is 11.1. The number of hydrogen-bond donors (Lipinski definition) is 0. The Morgan fingerprint density at radius 3 is 2.24 bits per heavy atom. The average molecular weight is 398 g/mol. The van der Waals surface area contributed by atoms with Gasteiger partial charge in [-0.25, -0.2) is 0 Å². The SMILES string of the molecule is Cc1ccc(N2C(=O)C3(CCCCC3)C(N3CCOCC3)C2=NC(C)(C)C)cc1. The lowest BCUT2D eigenvalue weighted by molar-refractivity contribution is -0.130. The molecule has 0 N–H and O–H groups in total. The summed E-state index contributed by atoms with van der Waals surface area (Å²) in [5, 5.41) is 0. The highest BCUT2D eigenvalue weighted by Crippen LogP contribution is 2.49. The number of ether oxygens (including phenoxy) is 1. The zero-order valence-corrected chi connectivity index (χ0v) is 18.4. The number of anilines is 1. The highest BCUT2D eigenvalue weighted by molar-refractivity contribution is 6.27. The van der Waals surface area contributed by atoms with Crippen molar-refractivity contribution in [1.82, 2.24) is 4.90 Å². The van der Waals surface area contributed by atoms with E-state index in [4.69, 9.17) is 9.73 Å². The topological polar surface area (TPSA) is 45.1 Å². The van der Waals surface area contributed by atoms with E-state index in [-0.39, 0.29) is 22.9 Å². The van der Waals surface area contributed by atoms with Crippen LogP contribution in [0, 0.1) is 12.3 Å². The highest BCUT2D eigenvalue weighted by Gasteiger charge is 2.60. The van der Waals surface area contributed by atoms with Gasteiger partial charge in [0.25, 0.3) is 0 Å². The third-order valence-electron chi connectivity index (χ3n) is 6.52. The molecule has 158 valence electrons. The van der Waals surface area contributed by atoms with Crippen LogP contribution in [0.3, 0.4) is 0 Å². The molecule has 5 heteroatoms. The predicted molar refractivity (Wildman–Crippen MR) is 118 cm³/mol. The van der Waals surface area contributed by atoms with Crippen LogP contribution in [0.2, 0.25) is 0 Å². The summed E-state index contributed by atoms with van der Waals surface area (Å²) in [7, 11) is 0. The minimum atomic E-state index is -0.357. The van der Waals surface area contributed by atoms with Gasteiger partial charge in [-0.15, -0.1) is 0 Å². The van der Waals surface area contributed by atoms with E-state index in [0.29, 0.717) is 0 Å². The van der Waals surface area contributed by atoms with Crippen LogP contribution >= 0.6 is 0 Å². The summed E-state index contributed by atoms with van der Waals surface area (Å²) in [6.45, 7) is 11.6. The maximum absolute atomic E-state index is 14.1. The van der Waals surface area contributed by atoms with E-state index in [0.717, 1.165) is 63.5 Å². The van der Waals surface area contributed by atoms with Crippen LogP contribution in [0.25, 0.3) is 0 Å². The van der Waals surface area contributed by atoms with E-state index >= 15 is 0 Å². The van der Waals surface area contributed by atoms with Crippen molar-refractivity contribution in [2.24, 2.45) is 10.4 Å². The fraction of sp³-hybridized carbons (Fsp3) is 0.667. The molecule has 0 bridgehead atoms. The molecule has 29 heavy (non-hydrogen) atoms. The van der Waals surface area contributed by atoms with Gasteiger partial charge in [-0.05, 0) is 52.7 Å². The molecule has 1 saturated carbocycles. The molecule has 1 spiro atoms. The van der Waals surface area contributed by atoms with Crippen molar-refractivity contribution in [1.29, 1.82) is 0 Å². The van der Waals surface area contributed by atoms with Gasteiger partial charge in [-0.2, -0.15) is 0 Å². The lowest BCUT2D eigenvalue weighted by Crippen LogP contribution is -2.54. The lowest BCUT2D eigenvalue weighted by atomic mass is 9.69. The van der Waals surface area contributed by atoms with Gasteiger partial charge in [0.05, 0.1) is 35.9 Å². The maximum atomic E-state index is 14.1. The van der Waals surface area contributed by atoms with Crippen LogP contribution < -0.4 is 4.90 Å². The van der Waals surface area contributed by atoms with Crippen molar-refractivity contribution >= 4 is 17.4 Å². The monoisotopic (exact) mass is 397 g/mol. The molecule has 1 aromatic carbocycles. The van der Waals surface area contributed by atoms with Gasteiger partial charge in [0.15, 0.2) is 0 Å². The predicted octanol–water partition coefficient (Wildman–Crippen LogP) is 4.19. The zero-order chi connectivity index (χ0) is 20.6. The van der Waals surface area contributed by atoms with E-state index in [2.05, 4.69) is 56.9 Å². The second kappa shape index (κ2) is 7.84. The number of carbonyl (C=O) groups is 1. The molecule has 1 unspecified atom stereocenters. The summed E-state index contributed by atoms with van der Waals surface area (Å²) in [5.74, 6) is 1.19. The Kier molecular flexibility index (Phi) is 5.56. The Morgan fingerprint density at radius 1 is 1.03 bits per heavy atom. The zero-order valence-electron chi connectivity index (χ0n) is 18.4. The molecule has 2 aliphatic heterocycles. The fourth-order valence-corrected chi connectivity index (χ4v) is 5.23. The van der Waals surface area contributed by atoms with E-state index < -0.39 is 0 Å². The first-order valence-corrected chi connectivity index (χ1v) is 11.1. The summed E-state index contributed by atoms with van der Waals surface area (Å²) in [6.07, 6.45) is 5.38. The molecule has 5 nitrogen and oxygen atoms in total. The minimum absolute atomic E-state index is 0.0414. The van der Waals surface area contributed by atoms with Gasteiger partial charge in [-0.1, -0.05) is 37.0 Å². The Hall–Kier alpha value is -1.72. The number of carbonyl (C=O) groups excluding carboxylic acids is 1. The van der Waals surface area contributed by atoms with Crippen molar-refractivity contribution in [3.63, 3.8) is 0 Å². The molecular formula is C24H35N3O2. The van der Waals surface area contributed by atoms with Gasteiger partial charge in [0.2, 0.25) is 5.91 Å². The Balaban J connectivity index is 1.86. The average Bonchev–Trinajstić information content (AvgIpc) is 2.90. The molecular weight excluding hydrogens is 362 g/mol. The molecule has 1 aromatic rings. The largest absolute Gasteiger partial charge is 0.379 e. The molecule has 3 aliphatic rings. The van der Waals surface area contributed by atoms with E-state index in [9.17, 15) is 4.79 Å². The van der Waals surface area contributed by atoms with Crippen LogP contribution in [-0.2, 0) is 9.53 Å². The molecule has 1 atom stereocenters. The first-order chi connectivity index (χ1) is 13.8. The third-order valence-corrected chi connectivity index (χ3v) is 6.52. The molecule has 4 rings (SSSR count). The normalized spacial score (nSPS) is 27.2. The van der Waals surface area contributed by atoms with Gasteiger partial charge < -0.3 is 4.74 Å². The molecule has 0 aromatic heterocycles. The quantitative estimate of drug-likeness (QED) is 0.752. The standard InChI is InChI=1S/C24H35N3O2/c1-18-8-10-19(11-9-18)27-21(25-23(2,3)4)20(26-14-16-29-17-15-26)24(22(27)28)12-6-5-7-13-24/h8-11,20H,5-7,12-17H2,1-4H3. The number of rotatable bonds is 2. The van der Waals surface area contributed by atoms with Crippen molar-refractivity contribution in [2.75, 3.05) is 31.2 Å². The maximum Gasteiger partial charge on any atom is 0.240 e. The Bertz CT molecular complexity index is 766. The summed E-state index contributed by atoms with van der Waals surface area (Å²) in [4.78, 5) is 23.7. The van der Waals surface area contributed by atoms with Crippen molar-refractivity contribution in [2.45, 2.75) is 71.4 Å². The molecule has 1 amide bonds. The van der Waals surface area contributed by atoms with Crippen LogP contribution in [0.15, 0.2) is 29.3 Å². The van der Waals surface area contributed by atoms with E-state index in [1.807, 2.05) is 4.90 Å². The summed E-state index contributed by atoms with van der Waals surface area (Å²) in [5.41, 5.74) is 1.55. The van der Waals surface area contributed by atoms with E-state index in [1.54, 1.807) is 0 Å². The number of aryl methyl sites for hydroxylation is 1. The van der Waals surface area contributed by atoms with Crippen molar-refractivity contribution in [3.05, 3.63) is 29.8 Å². The van der Waals surface area contributed by atoms with E-state index in [1.165, 1.54) is 12.0 Å². The number of aliphatic imine (C=N–C) groups is 1. The smallest absolute Gasteiger partial charge is 0.240 e. The molecule has 2 saturated heterocycles. The summed E-state index contributed by atoms with van der Waals surface area (Å²) in [6, 6.07) is 8.37. The highest BCUT2D eigenvalue weighted by atomic mass is 16.5. The number of amides is 1. The number of hydrogen-bond acceptors (Lipinski definition) is 4. The Morgan fingerprint density at radius 2 is 1.66 bits per heavy atom. The lowest BCUT2D eigenvalue weighted by Gasteiger charge is -2.42. The molecule has 2 heterocycles. The molecule has 3 fully saturated rings. The number of benzene rings is 1. The Labute approximate surface area is 175 Å². The van der Waals surface area contributed by atoms with Crippen LogP contribution in [0.5, 0.6) is 0 Å². The first kappa shape index (κ1) is 20.5. The van der Waals surface area contributed by atoms with Crippen LogP contribution in [0.1, 0.15) is 58.4 Å². The number of nitrogens with zero attached hydrogens (tertiary/aromatic N) is 3. The van der Waals surface area contributed by atoms with Crippen molar-refractivity contribution in [3.8, 4) is 0 Å². The second-order valence-electron chi connectivity index (χ2n) is 9.88. The number of morpholine rings is 1. The van der Waals surface area contributed by atoms with Gasteiger partial charge in [0, 0.05) is 13.1 Å².